The third-order valence-electron chi connectivity index (χ3n) is 3.27. The molecule has 25 heavy (non-hydrogen) atoms. The third-order valence-corrected chi connectivity index (χ3v) is 3.94. The highest BCUT2D eigenvalue weighted by Gasteiger charge is 2.19. The predicted octanol–water partition coefficient (Wildman–Crippen LogP) is 3.25. The second kappa shape index (κ2) is 9.97. The van der Waals surface area contributed by atoms with Crippen molar-refractivity contribution in [1.29, 1.82) is 0 Å². The Balaban J connectivity index is 2.74. The Kier molecular flexibility index (Phi) is 8.33. The number of benzene rings is 1. The number of rotatable bonds is 8. The molecule has 0 aliphatic carbocycles. The summed E-state index contributed by atoms with van der Waals surface area (Å²) < 4.78 is 5.16. The molecule has 1 aromatic rings. The van der Waals surface area contributed by atoms with Crippen molar-refractivity contribution < 1.29 is 19.2 Å². The molecule has 0 spiro atoms. The first-order chi connectivity index (χ1) is 11.7. The summed E-state index contributed by atoms with van der Waals surface area (Å²) >= 11 is 3.08. The molecule has 9 heteroatoms. The summed E-state index contributed by atoms with van der Waals surface area (Å²) in [5, 5.41) is 16.3. The summed E-state index contributed by atoms with van der Waals surface area (Å²) in [6, 6.07) is 3.85. The highest BCUT2D eigenvalue weighted by atomic mass is 79.9. The lowest BCUT2D eigenvalue weighted by atomic mass is 10.0. The van der Waals surface area contributed by atoms with E-state index in [9.17, 15) is 19.7 Å². The molecule has 0 aromatic heterocycles. The van der Waals surface area contributed by atoms with Crippen molar-refractivity contribution >= 4 is 33.6 Å². The smallest absolute Gasteiger partial charge is 0.407 e. The minimum Gasteiger partial charge on any atom is -0.450 e. The van der Waals surface area contributed by atoms with E-state index in [1.807, 2.05) is 13.8 Å². The van der Waals surface area contributed by atoms with Crippen molar-refractivity contribution in [2.45, 2.75) is 33.2 Å². The summed E-state index contributed by atoms with van der Waals surface area (Å²) in [6.45, 7) is 6.16. The number of nitro benzene ring substituents is 1. The van der Waals surface area contributed by atoms with Crippen LogP contribution in [0.2, 0.25) is 0 Å². The number of alkyl carbamates (subject to hydrolysis) is 1. The Hall–Kier alpha value is -2.16. The normalized spacial score (nSPS) is 11.7. The van der Waals surface area contributed by atoms with Crippen molar-refractivity contribution in [2.75, 3.05) is 13.2 Å². The van der Waals surface area contributed by atoms with Crippen LogP contribution in [0.1, 0.15) is 37.6 Å². The maximum Gasteiger partial charge on any atom is 0.407 e. The van der Waals surface area contributed by atoms with Crippen LogP contribution in [0, 0.1) is 16.0 Å². The van der Waals surface area contributed by atoms with Gasteiger partial charge < -0.3 is 15.4 Å². The molecule has 0 fully saturated rings. The number of amides is 2. The van der Waals surface area contributed by atoms with E-state index in [0.29, 0.717) is 16.8 Å². The van der Waals surface area contributed by atoms with Crippen LogP contribution >= 0.6 is 15.9 Å². The fourth-order valence-electron chi connectivity index (χ4n) is 2.21. The molecule has 1 rings (SSSR count). The van der Waals surface area contributed by atoms with Crippen LogP contribution in [0.5, 0.6) is 0 Å². The van der Waals surface area contributed by atoms with E-state index in [0.717, 1.165) is 0 Å². The van der Waals surface area contributed by atoms with E-state index >= 15 is 0 Å². The largest absolute Gasteiger partial charge is 0.450 e. The van der Waals surface area contributed by atoms with E-state index in [2.05, 4.69) is 26.6 Å². The van der Waals surface area contributed by atoms with Gasteiger partial charge in [-0.1, -0.05) is 13.8 Å². The maximum absolute atomic E-state index is 12.2. The van der Waals surface area contributed by atoms with Gasteiger partial charge in [0.25, 0.3) is 11.6 Å². The highest BCUT2D eigenvalue weighted by Crippen LogP contribution is 2.25. The topological polar surface area (TPSA) is 111 Å². The maximum atomic E-state index is 12.2. The van der Waals surface area contributed by atoms with Crippen molar-refractivity contribution in [1.82, 2.24) is 10.6 Å². The molecule has 138 valence electrons. The fraction of sp³-hybridized carbons (Fsp3) is 0.500. The van der Waals surface area contributed by atoms with Gasteiger partial charge >= 0.3 is 6.09 Å². The van der Waals surface area contributed by atoms with Gasteiger partial charge in [-0.3, -0.25) is 14.9 Å². The van der Waals surface area contributed by atoms with Gasteiger partial charge in [-0.05, 0) is 47.3 Å². The second-order valence-corrected chi connectivity index (χ2v) is 6.68. The summed E-state index contributed by atoms with van der Waals surface area (Å²) in [6.07, 6.45) is 0.112. The molecule has 2 amide bonds. The molecular weight excluding hydrogens is 394 g/mol. The van der Waals surface area contributed by atoms with Crippen LogP contribution < -0.4 is 10.6 Å². The summed E-state index contributed by atoms with van der Waals surface area (Å²) in [4.78, 5) is 34.2. The van der Waals surface area contributed by atoms with Gasteiger partial charge in [-0.25, -0.2) is 4.79 Å². The number of hydrogen-bond donors (Lipinski definition) is 2. The van der Waals surface area contributed by atoms with Crippen LogP contribution in [0.3, 0.4) is 0 Å². The lowest BCUT2D eigenvalue weighted by molar-refractivity contribution is -0.385. The molecule has 0 aliphatic heterocycles. The molecule has 8 nitrogen and oxygen atoms in total. The Morgan fingerprint density at radius 1 is 1.36 bits per heavy atom. The Morgan fingerprint density at radius 3 is 2.60 bits per heavy atom. The average Bonchev–Trinajstić information content (AvgIpc) is 2.52. The number of carbonyl (C=O) groups excluding carboxylic acids is 2. The minimum atomic E-state index is -0.565. The van der Waals surface area contributed by atoms with E-state index in [1.165, 1.54) is 18.2 Å². The molecule has 0 saturated carbocycles. The highest BCUT2D eigenvalue weighted by molar-refractivity contribution is 9.10. The van der Waals surface area contributed by atoms with Gasteiger partial charge in [0.05, 0.1) is 16.0 Å². The van der Waals surface area contributed by atoms with Crippen molar-refractivity contribution in [3.05, 3.63) is 38.3 Å². The predicted molar refractivity (Wildman–Crippen MR) is 96.5 cm³/mol. The third kappa shape index (κ3) is 7.08. The molecule has 1 unspecified atom stereocenters. The first-order valence-corrected chi connectivity index (χ1v) is 8.69. The second-order valence-electron chi connectivity index (χ2n) is 5.82. The fourth-order valence-corrected chi connectivity index (χ4v) is 2.60. The number of ether oxygens (including phenoxy) is 1. The lowest BCUT2D eigenvalue weighted by Crippen LogP contribution is -2.44. The minimum absolute atomic E-state index is 0.175. The van der Waals surface area contributed by atoms with E-state index in [1.54, 1.807) is 6.92 Å². The van der Waals surface area contributed by atoms with Gasteiger partial charge in [-0.15, -0.1) is 0 Å². The van der Waals surface area contributed by atoms with Crippen LogP contribution in [-0.2, 0) is 4.74 Å². The number of hydrogen-bond acceptors (Lipinski definition) is 5. The number of nitrogens with one attached hydrogen (secondary N) is 2. The standard InChI is InChI=1S/C16H22BrN3O5/c1-4-25-16(22)19-12(7-10(2)3)9-18-15(21)11-5-6-13(17)14(8-11)20(23)24/h5-6,8,10,12H,4,7,9H2,1-3H3,(H,18,21)(H,19,22). The first-order valence-electron chi connectivity index (χ1n) is 7.90. The van der Waals surface area contributed by atoms with Crippen LogP contribution in [0.15, 0.2) is 22.7 Å². The first kappa shape index (κ1) is 20.9. The molecular formula is C16H22BrN3O5. The van der Waals surface area contributed by atoms with Crippen molar-refractivity contribution in [3.63, 3.8) is 0 Å². The number of nitrogens with zero attached hydrogens (tertiary/aromatic N) is 1. The van der Waals surface area contributed by atoms with Gasteiger partial charge in [0, 0.05) is 24.2 Å². The number of carbonyl (C=O) groups is 2. The van der Waals surface area contributed by atoms with Gasteiger partial charge in [0.1, 0.15) is 0 Å². The van der Waals surface area contributed by atoms with E-state index in [4.69, 9.17) is 4.74 Å². The van der Waals surface area contributed by atoms with E-state index < -0.39 is 16.9 Å². The summed E-state index contributed by atoms with van der Waals surface area (Å²) in [5.41, 5.74) is -0.00893. The molecule has 1 aromatic carbocycles. The van der Waals surface area contributed by atoms with Gasteiger partial charge in [-0.2, -0.15) is 0 Å². The van der Waals surface area contributed by atoms with Crippen molar-refractivity contribution in [2.24, 2.45) is 5.92 Å². The molecule has 0 radical (unpaired) electrons. The zero-order chi connectivity index (χ0) is 19.0. The van der Waals surface area contributed by atoms with E-state index in [-0.39, 0.29) is 30.4 Å². The number of halogens is 1. The van der Waals surface area contributed by atoms with Crippen LogP contribution in [0.25, 0.3) is 0 Å². The quantitative estimate of drug-likeness (QED) is 0.499. The molecule has 0 heterocycles. The van der Waals surface area contributed by atoms with Crippen LogP contribution in [-0.4, -0.2) is 36.1 Å². The Labute approximate surface area is 154 Å². The van der Waals surface area contributed by atoms with Gasteiger partial charge in [0.15, 0.2) is 0 Å². The molecule has 0 bridgehead atoms. The zero-order valence-electron chi connectivity index (χ0n) is 14.4. The monoisotopic (exact) mass is 415 g/mol. The van der Waals surface area contributed by atoms with Crippen molar-refractivity contribution in [3.8, 4) is 0 Å². The van der Waals surface area contributed by atoms with Gasteiger partial charge in [0.2, 0.25) is 0 Å². The SMILES string of the molecule is CCOC(=O)NC(CNC(=O)c1ccc(Br)c([N+](=O)[O-])c1)CC(C)C. The Morgan fingerprint density at radius 2 is 2.04 bits per heavy atom. The Bertz CT molecular complexity index is 636. The molecule has 0 saturated heterocycles. The zero-order valence-corrected chi connectivity index (χ0v) is 16.0. The molecule has 1 atom stereocenters. The molecule has 2 N–H and O–H groups in total. The lowest BCUT2D eigenvalue weighted by Gasteiger charge is -2.20. The summed E-state index contributed by atoms with van der Waals surface area (Å²) in [5.74, 6) is -0.146. The van der Waals surface area contributed by atoms with Crippen LogP contribution in [0.4, 0.5) is 10.5 Å². The average molecular weight is 416 g/mol. The summed E-state index contributed by atoms with van der Waals surface area (Å²) in [7, 11) is 0. The molecule has 0 aliphatic rings. The number of nitro groups is 1.